The fourth-order valence-corrected chi connectivity index (χ4v) is 3.13. The Morgan fingerprint density at radius 2 is 1.54 bits per heavy atom. The van der Waals surface area contributed by atoms with E-state index in [-0.39, 0.29) is 17.1 Å². The molecular weight excluding hydrogens is 356 g/mol. The van der Waals surface area contributed by atoms with Crippen molar-refractivity contribution in [1.29, 1.82) is 0 Å². The second-order valence-corrected chi connectivity index (χ2v) is 6.90. The van der Waals surface area contributed by atoms with Crippen LogP contribution in [0.1, 0.15) is 78.1 Å². The predicted molar refractivity (Wildman–Crippen MR) is 108 cm³/mol. The molecule has 0 aliphatic heterocycles. The van der Waals surface area contributed by atoms with Crippen LogP contribution in [0.2, 0.25) is 0 Å². The topological polar surface area (TPSA) is 83.8 Å². The number of benzene rings is 2. The number of aromatic hydroxyl groups is 1. The number of ether oxygens (including phenoxy) is 1. The summed E-state index contributed by atoms with van der Waals surface area (Å²) in [5, 5.41) is 18.8. The van der Waals surface area contributed by atoms with Gasteiger partial charge in [0.1, 0.15) is 11.5 Å². The molecule has 0 saturated carbocycles. The Hall–Kier alpha value is -2.82. The number of aromatic carboxylic acids is 1. The molecule has 0 radical (unpaired) electrons. The summed E-state index contributed by atoms with van der Waals surface area (Å²) in [5.41, 5.74) is 1.01. The molecule has 2 aromatic rings. The van der Waals surface area contributed by atoms with Gasteiger partial charge in [-0.05, 0) is 49.2 Å². The molecular formula is C23H28O5. The van der Waals surface area contributed by atoms with Crippen LogP contribution >= 0.6 is 0 Å². The van der Waals surface area contributed by atoms with Crippen LogP contribution in [0.25, 0.3) is 0 Å². The minimum atomic E-state index is -1.03. The quantitative estimate of drug-likeness (QED) is 0.299. The third-order valence-corrected chi connectivity index (χ3v) is 4.70. The lowest BCUT2D eigenvalue weighted by Crippen LogP contribution is -2.12. The lowest BCUT2D eigenvalue weighted by atomic mass is 9.99. The average Bonchev–Trinajstić information content (AvgIpc) is 2.68. The first-order chi connectivity index (χ1) is 13.5. The zero-order chi connectivity index (χ0) is 20.4. The largest absolute Gasteiger partial charge is 0.508 e. The van der Waals surface area contributed by atoms with Crippen LogP contribution < -0.4 is 4.74 Å². The number of hydrogen-bond donors (Lipinski definition) is 2. The van der Waals surface area contributed by atoms with E-state index >= 15 is 0 Å². The summed E-state index contributed by atoms with van der Waals surface area (Å²) in [6.07, 6.45) is 8.42. The summed E-state index contributed by atoms with van der Waals surface area (Å²) in [4.78, 5) is 24.0. The zero-order valence-corrected chi connectivity index (χ0v) is 16.3. The maximum absolute atomic E-state index is 12.4. The van der Waals surface area contributed by atoms with E-state index in [1.54, 1.807) is 12.1 Å². The van der Waals surface area contributed by atoms with Crippen molar-refractivity contribution in [2.45, 2.75) is 58.3 Å². The highest BCUT2D eigenvalue weighted by molar-refractivity contribution is 5.93. The van der Waals surface area contributed by atoms with Gasteiger partial charge in [-0.25, -0.2) is 9.59 Å². The van der Waals surface area contributed by atoms with Gasteiger partial charge in [-0.3, -0.25) is 0 Å². The van der Waals surface area contributed by atoms with Crippen LogP contribution in [0.4, 0.5) is 0 Å². The van der Waals surface area contributed by atoms with Crippen molar-refractivity contribution in [2.75, 3.05) is 0 Å². The summed E-state index contributed by atoms with van der Waals surface area (Å²) in [6, 6.07) is 10.5. The Kier molecular flexibility index (Phi) is 8.53. The van der Waals surface area contributed by atoms with Crippen molar-refractivity contribution in [3.63, 3.8) is 0 Å². The van der Waals surface area contributed by atoms with E-state index in [1.807, 2.05) is 0 Å². The Morgan fingerprint density at radius 1 is 0.893 bits per heavy atom. The minimum Gasteiger partial charge on any atom is -0.508 e. The lowest BCUT2D eigenvalue weighted by Gasteiger charge is -2.13. The number of phenols is 1. The highest BCUT2D eigenvalue weighted by Gasteiger charge is 2.18. The Labute approximate surface area is 166 Å². The maximum Gasteiger partial charge on any atom is 0.343 e. The van der Waals surface area contributed by atoms with Gasteiger partial charge in [0, 0.05) is 5.56 Å². The van der Waals surface area contributed by atoms with Gasteiger partial charge in [0.15, 0.2) is 0 Å². The summed E-state index contributed by atoms with van der Waals surface area (Å²) >= 11 is 0. The first-order valence-corrected chi connectivity index (χ1v) is 9.89. The van der Waals surface area contributed by atoms with Gasteiger partial charge in [0.05, 0.1) is 11.1 Å². The van der Waals surface area contributed by atoms with Crippen LogP contribution in [0, 0.1) is 0 Å². The van der Waals surface area contributed by atoms with Crippen LogP contribution in [0.15, 0.2) is 42.5 Å². The molecule has 2 N–H and O–H groups in total. The first kappa shape index (κ1) is 21.5. The number of esters is 1. The van der Waals surface area contributed by atoms with E-state index in [9.17, 15) is 19.8 Å². The highest BCUT2D eigenvalue weighted by Crippen LogP contribution is 2.26. The molecule has 0 fully saturated rings. The van der Waals surface area contributed by atoms with Crippen molar-refractivity contribution in [2.24, 2.45) is 0 Å². The molecule has 28 heavy (non-hydrogen) atoms. The third-order valence-electron chi connectivity index (χ3n) is 4.70. The predicted octanol–water partition coefficient (Wildman–Crippen LogP) is 5.60. The molecule has 0 bridgehead atoms. The average molecular weight is 384 g/mol. The van der Waals surface area contributed by atoms with Crippen LogP contribution in [-0.4, -0.2) is 22.2 Å². The standard InChI is InChI=1S/C23H28O5/c1-2-3-4-5-6-7-8-10-19-20(22(25)26)11-9-12-21(19)28-23(27)17-13-15-18(24)16-14-17/h9,11-16,24H,2-8,10H2,1H3,(H,25,26). The molecule has 0 aliphatic rings. The summed E-state index contributed by atoms with van der Waals surface area (Å²) < 4.78 is 5.49. The van der Waals surface area contributed by atoms with E-state index in [4.69, 9.17) is 4.74 Å². The molecule has 0 aliphatic carbocycles. The molecule has 2 aromatic carbocycles. The van der Waals surface area contributed by atoms with Gasteiger partial charge >= 0.3 is 11.9 Å². The molecule has 2 rings (SSSR count). The molecule has 0 heterocycles. The normalized spacial score (nSPS) is 10.6. The maximum atomic E-state index is 12.4. The minimum absolute atomic E-state index is 0.0593. The van der Waals surface area contributed by atoms with Crippen molar-refractivity contribution in [3.8, 4) is 11.5 Å². The van der Waals surface area contributed by atoms with Gasteiger partial charge in [0.2, 0.25) is 0 Å². The molecule has 150 valence electrons. The highest BCUT2D eigenvalue weighted by atomic mass is 16.5. The van der Waals surface area contributed by atoms with Crippen molar-refractivity contribution in [1.82, 2.24) is 0 Å². The first-order valence-electron chi connectivity index (χ1n) is 9.89. The van der Waals surface area contributed by atoms with E-state index < -0.39 is 11.9 Å². The number of carboxylic acids is 1. The molecule has 0 atom stereocenters. The van der Waals surface area contributed by atoms with Crippen molar-refractivity contribution < 1.29 is 24.5 Å². The molecule has 0 aromatic heterocycles. The van der Waals surface area contributed by atoms with Crippen LogP contribution in [-0.2, 0) is 6.42 Å². The number of rotatable bonds is 11. The Balaban J connectivity index is 2.06. The monoisotopic (exact) mass is 384 g/mol. The fourth-order valence-electron chi connectivity index (χ4n) is 3.13. The van der Waals surface area contributed by atoms with Crippen molar-refractivity contribution >= 4 is 11.9 Å². The third kappa shape index (κ3) is 6.41. The van der Waals surface area contributed by atoms with Crippen LogP contribution in [0.3, 0.4) is 0 Å². The van der Waals surface area contributed by atoms with Gasteiger partial charge in [0.25, 0.3) is 0 Å². The number of hydrogen-bond acceptors (Lipinski definition) is 4. The number of phenolic OH excluding ortho intramolecular Hbond substituents is 1. The number of carboxylic acid groups (broad SMARTS) is 1. The van der Waals surface area contributed by atoms with E-state index in [0.29, 0.717) is 17.5 Å². The summed E-state index contributed by atoms with van der Waals surface area (Å²) in [7, 11) is 0. The molecule has 5 heteroatoms. The molecule has 5 nitrogen and oxygen atoms in total. The fraction of sp³-hybridized carbons (Fsp3) is 0.391. The zero-order valence-electron chi connectivity index (χ0n) is 16.3. The molecule has 0 amide bonds. The molecule has 0 unspecified atom stereocenters. The van der Waals surface area contributed by atoms with Crippen LogP contribution in [0.5, 0.6) is 11.5 Å². The van der Waals surface area contributed by atoms with Gasteiger partial charge in [-0.1, -0.05) is 51.5 Å². The van der Waals surface area contributed by atoms with Gasteiger partial charge < -0.3 is 14.9 Å². The SMILES string of the molecule is CCCCCCCCCc1c(OC(=O)c2ccc(O)cc2)cccc1C(=O)O. The summed E-state index contributed by atoms with van der Waals surface area (Å²) in [5.74, 6) is -1.27. The van der Waals surface area contributed by atoms with E-state index in [1.165, 1.54) is 56.0 Å². The Bertz CT molecular complexity index is 780. The molecule has 0 saturated heterocycles. The van der Waals surface area contributed by atoms with Gasteiger partial charge in [-0.15, -0.1) is 0 Å². The van der Waals surface area contributed by atoms with E-state index in [0.717, 1.165) is 19.3 Å². The van der Waals surface area contributed by atoms with Gasteiger partial charge in [-0.2, -0.15) is 0 Å². The number of carbonyl (C=O) groups excluding carboxylic acids is 1. The Morgan fingerprint density at radius 3 is 2.18 bits per heavy atom. The molecule has 0 spiro atoms. The lowest BCUT2D eigenvalue weighted by molar-refractivity contribution is 0.0685. The smallest absolute Gasteiger partial charge is 0.343 e. The number of unbranched alkanes of at least 4 members (excludes halogenated alkanes) is 6. The van der Waals surface area contributed by atoms with E-state index in [2.05, 4.69) is 6.92 Å². The summed E-state index contributed by atoms with van der Waals surface area (Å²) in [6.45, 7) is 2.18. The second kappa shape index (κ2) is 11.1. The second-order valence-electron chi connectivity index (χ2n) is 6.90. The van der Waals surface area contributed by atoms with Crippen molar-refractivity contribution in [3.05, 3.63) is 59.2 Å². The number of carbonyl (C=O) groups is 2.